The first kappa shape index (κ1) is 29.7. The van der Waals surface area contributed by atoms with Gasteiger partial charge in [-0.1, -0.05) is 101 Å². The zero-order valence-corrected chi connectivity index (χ0v) is 26.9. The first-order valence-electron chi connectivity index (χ1n) is 17.2. The maximum Gasteiger partial charge on any atom is 0.302 e. The van der Waals surface area contributed by atoms with Gasteiger partial charge in [0.25, 0.3) is 0 Å². The fraction of sp³-hybridized carbons (Fsp3) is 0.625. The Morgan fingerprint density at radius 1 is 0.857 bits per heavy atom. The lowest BCUT2D eigenvalue weighted by Gasteiger charge is -2.63. The molecule has 2 nitrogen and oxygen atoms in total. The molecule has 42 heavy (non-hydrogen) atoms. The summed E-state index contributed by atoms with van der Waals surface area (Å²) in [5, 5.41) is 0. The molecule has 4 fully saturated rings. The van der Waals surface area contributed by atoms with Gasteiger partial charge < -0.3 is 4.74 Å². The van der Waals surface area contributed by atoms with Crippen molar-refractivity contribution in [3.63, 3.8) is 0 Å². The minimum Gasteiger partial charge on any atom is -0.463 e. The smallest absolute Gasteiger partial charge is 0.302 e. The van der Waals surface area contributed by atoms with E-state index in [0.717, 1.165) is 48.9 Å². The molecule has 10 atom stereocenters. The first-order chi connectivity index (χ1) is 20.2. The molecular weight excluding hydrogens is 512 g/mol. The van der Waals surface area contributed by atoms with Crippen molar-refractivity contribution in [2.75, 3.05) is 0 Å². The normalized spacial score (nSPS) is 38.0. The highest BCUT2D eigenvalue weighted by Gasteiger charge is 2.62. The van der Waals surface area contributed by atoms with Crippen LogP contribution in [0.2, 0.25) is 0 Å². The van der Waals surface area contributed by atoms with Crippen LogP contribution in [0, 0.1) is 52.3 Å². The average Bonchev–Trinajstić information content (AvgIpc) is 3.35. The Labute approximate surface area is 255 Å². The molecule has 0 spiro atoms. The number of hydrogen-bond acceptors (Lipinski definition) is 2. The van der Waals surface area contributed by atoms with Crippen molar-refractivity contribution >= 4 is 11.5 Å². The molecule has 0 radical (unpaired) electrons. The van der Waals surface area contributed by atoms with E-state index in [1.54, 1.807) is 6.92 Å². The molecule has 4 saturated carbocycles. The number of esters is 1. The van der Waals surface area contributed by atoms with Gasteiger partial charge in [-0.25, -0.2) is 0 Å². The van der Waals surface area contributed by atoms with Gasteiger partial charge >= 0.3 is 5.97 Å². The molecule has 0 aliphatic heterocycles. The van der Waals surface area contributed by atoms with Crippen LogP contribution in [0.1, 0.15) is 110 Å². The van der Waals surface area contributed by atoms with Crippen LogP contribution >= 0.6 is 0 Å². The summed E-state index contributed by atoms with van der Waals surface area (Å²) in [5.74, 6) is 5.46. The van der Waals surface area contributed by atoms with Crippen LogP contribution in [-0.2, 0) is 9.53 Å². The fourth-order valence-electron chi connectivity index (χ4n) is 11.3. The highest BCUT2D eigenvalue weighted by molar-refractivity contribution is 5.79. The van der Waals surface area contributed by atoms with E-state index in [-0.39, 0.29) is 12.1 Å². The maximum atomic E-state index is 11.8. The molecule has 226 valence electrons. The zero-order valence-electron chi connectivity index (χ0n) is 26.9. The van der Waals surface area contributed by atoms with E-state index in [1.807, 2.05) is 0 Å². The van der Waals surface area contributed by atoms with Gasteiger partial charge in [-0.05, 0) is 127 Å². The Hall–Kier alpha value is -2.35. The summed E-state index contributed by atoms with van der Waals surface area (Å²) in [7, 11) is 0. The van der Waals surface area contributed by atoms with Crippen molar-refractivity contribution in [2.45, 2.75) is 105 Å². The number of fused-ring (bicyclic) bond motifs is 5. The Bertz CT molecular complexity index is 1210. The summed E-state index contributed by atoms with van der Waals surface area (Å²) in [6.07, 6.45) is 15.5. The Morgan fingerprint density at radius 2 is 1.48 bits per heavy atom. The second-order valence-electron chi connectivity index (χ2n) is 15.2. The largest absolute Gasteiger partial charge is 0.463 e. The Balaban J connectivity index is 1.21. The second-order valence-corrected chi connectivity index (χ2v) is 15.2. The van der Waals surface area contributed by atoms with Crippen molar-refractivity contribution in [1.82, 2.24) is 0 Å². The lowest BCUT2D eigenvalue weighted by molar-refractivity contribution is -0.170. The predicted octanol–water partition coefficient (Wildman–Crippen LogP) is 10.4. The topological polar surface area (TPSA) is 26.3 Å². The van der Waals surface area contributed by atoms with Gasteiger partial charge in [0.2, 0.25) is 0 Å². The van der Waals surface area contributed by atoms with Crippen molar-refractivity contribution in [3.05, 3.63) is 77.9 Å². The number of carbonyl (C=O) groups is 1. The molecule has 0 heterocycles. The number of carbonyl (C=O) groups excluding carboxylic acids is 1. The van der Waals surface area contributed by atoms with Crippen LogP contribution in [0.15, 0.2) is 66.7 Å². The molecule has 0 saturated heterocycles. The fourth-order valence-corrected chi connectivity index (χ4v) is 11.3. The molecule has 0 bridgehead atoms. The summed E-state index contributed by atoms with van der Waals surface area (Å²) in [5.41, 5.74) is 4.91. The zero-order chi connectivity index (χ0) is 29.5. The summed E-state index contributed by atoms with van der Waals surface area (Å²) in [6, 6.07) is 21.9. The number of rotatable bonds is 7. The minimum atomic E-state index is -0.0978. The Morgan fingerprint density at radius 3 is 2.10 bits per heavy atom. The second kappa shape index (κ2) is 12.0. The number of ether oxygens (including phenoxy) is 1. The molecular formula is C40H54O2. The highest BCUT2D eigenvalue weighted by atomic mass is 16.5. The molecule has 4 aliphatic rings. The van der Waals surface area contributed by atoms with Crippen molar-refractivity contribution in [2.24, 2.45) is 52.3 Å². The van der Waals surface area contributed by atoms with E-state index in [0.29, 0.717) is 22.7 Å². The molecule has 2 aromatic carbocycles. The molecule has 4 aliphatic carbocycles. The molecule has 4 unspecified atom stereocenters. The van der Waals surface area contributed by atoms with E-state index >= 15 is 0 Å². The molecule has 0 aromatic heterocycles. The van der Waals surface area contributed by atoms with Crippen LogP contribution in [-0.4, -0.2) is 12.1 Å². The standard InChI is InChI=1S/C40H54O2/c1-6-29-25-34-36-20-19-35(27(2)17-18-33(30-13-9-7-10-14-30)31-15-11-8-12-16-31)39(36,4)24-22-37(34)40(5)23-21-32(26-38(29)40)42-28(3)41/h7-16,18,27,29,32,34-38H,6,17,19-26H2,1-5H3/t27-,29+,32-,34?,35-,36?,37?,38?,39-,40-/m1/s1. The van der Waals surface area contributed by atoms with Gasteiger partial charge in [-0.3, -0.25) is 4.79 Å². The quantitative estimate of drug-likeness (QED) is 0.312. The molecule has 0 N–H and O–H groups in total. The third-order valence-electron chi connectivity index (χ3n) is 13.3. The third kappa shape index (κ3) is 5.30. The van der Waals surface area contributed by atoms with E-state index < -0.39 is 0 Å². The van der Waals surface area contributed by atoms with Crippen LogP contribution in [0.5, 0.6) is 0 Å². The van der Waals surface area contributed by atoms with Gasteiger partial charge in [0, 0.05) is 6.92 Å². The number of allylic oxidation sites excluding steroid dienone is 1. The van der Waals surface area contributed by atoms with Gasteiger partial charge in [-0.2, -0.15) is 0 Å². The monoisotopic (exact) mass is 566 g/mol. The summed E-state index contributed by atoms with van der Waals surface area (Å²) in [6.45, 7) is 11.9. The number of benzene rings is 2. The van der Waals surface area contributed by atoms with Crippen molar-refractivity contribution in [3.8, 4) is 0 Å². The third-order valence-corrected chi connectivity index (χ3v) is 13.3. The Kier molecular flexibility index (Phi) is 8.47. The van der Waals surface area contributed by atoms with Gasteiger partial charge in [0.05, 0.1) is 0 Å². The van der Waals surface area contributed by atoms with Crippen molar-refractivity contribution in [1.29, 1.82) is 0 Å². The van der Waals surface area contributed by atoms with Crippen LogP contribution in [0.3, 0.4) is 0 Å². The SMILES string of the molecule is CC[C@H]1CC2C(CC[C@@]3(C)C2CC[C@@H]3[C@H](C)CC=C(c2ccccc2)c2ccccc2)[C@@]2(C)CC[C@@H](OC(C)=O)CC12. The summed E-state index contributed by atoms with van der Waals surface area (Å²) in [4.78, 5) is 11.8. The van der Waals surface area contributed by atoms with Crippen molar-refractivity contribution < 1.29 is 9.53 Å². The maximum absolute atomic E-state index is 11.8. The lowest BCUT2D eigenvalue weighted by atomic mass is 9.42. The van der Waals surface area contributed by atoms with E-state index in [1.165, 1.54) is 61.6 Å². The summed E-state index contributed by atoms with van der Waals surface area (Å²) < 4.78 is 5.79. The first-order valence-corrected chi connectivity index (χ1v) is 17.2. The van der Waals surface area contributed by atoms with E-state index in [9.17, 15) is 4.79 Å². The minimum absolute atomic E-state index is 0.0978. The average molecular weight is 567 g/mol. The van der Waals surface area contributed by atoms with E-state index in [4.69, 9.17) is 4.74 Å². The van der Waals surface area contributed by atoms with E-state index in [2.05, 4.69) is 94.4 Å². The molecule has 2 aromatic rings. The van der Waals surface area contributed by atoms with Gasteiger partial charge in [0.1, 0.15) is 6.10 Å². The lowest BCUT2D eigenvalue weighted by Crippen LogP contribution is -2.57. The predicted molar refractivity (Wildman–Crippen MR) is 174 cm³/mol. The van der Waals surface area contributed by atoms with Gasteiger partial charge in [-0.15, -0.1) is 0 Å². The number of hydrogen-bond donors (Lipinski definition) is 0. The molecule has 6 rings (SSSR count). The summed E-state index contributed by atoms with van der Waals surface area (Å²) >= 11 is 0. The molecule has 0 amide bonds. The highest BCUT2D eigenvalue weighted by Crippen LogP contribution is 2.69. The van der Waals surface area contributed by atoms with Crippen LogP contribution in [0.25, 0.3) is 5.57 Å². The van der Waals surface area contributed by atoms with Gasteiger partial charge in [0.15, 0.2) is 0 Å². The molecule has 2 heteroatoms. The van der Waals surface area contributed by atoms with Crippen LogP contribution in [0.4, 0.5) is 0 Å². The van der Waals surface area contributed by atoms with Crippen LogP contribution < -0.4 is 0 Å².